The lowest BCUT2D eigenvalue weighted by Crippen LogP contribution is -2.09. The quantitative estimate of drug-likeness (QED) is 0.429. The van der Waals surface area contributed by atoms with E-state index in [9.17, 15) is 18.0 Å². The van der Waals surface area contributed by atoms with Crippen molar-refractivity contribution in [3.63, 3.8) is 0 Å². The van der Waals surface area contributed by atoms with Crippen molar-refractivity contribution in [2.45, 2.75) is 12.6 Å². The molecular weight excluding hydrogens is 460 g/mol. The van der Waals surface area contributed by atoms with Gasteiger partial charge in [0.2, 0.25) is 0 Å². The van der Waals surface area contributed by atoms with Gasteiger partial charge in [-0.3, -0.25) is 4.79 Å². The Hall–Kier alpha value is -0.890. The number of hydrogen-bond acceptors (Lipinski definition) is 1. The van der Waals surface area contributed by atoms with Gasteiger partial charge in [-0.05, 0) is 58.5 Å². The molecule has 6 heteroatoms. The van der Waals surface area contributed by atoms with Gasteiger partial charge in [-0.1, -0.05) is 28.1 Å². The summed E-state index contributed by atoms with van der Waals surface area (Å²) < 4.78 is 39.5. The Kier molecular flexibility index (Phi) is 5.08. The molecule has 110 valence electrons. The van der Waals surface area contributed by atoms with Gasteiger partial charge < -0.3 is 0 Å². The monoisotopic (exact) mass is 468 g/mol. The SMILES string of the molecule is O=C(Cc1ccc(I)cc1)c1cc(C(F)(F)F)ccc1Br. The number of carbonyl (C=O) groups excluding carboxylic acids is 1. The summed E-state index contributed by atoms with van der Waals surface area (Å²) in [5.41, 5.74) is -0.00948. The fourth-order valence-corrected chi connectivity index (χ4v) is 2.63. The molecule has 0 N–H and O–H groups in total. The maximum absolute atomic E-state index is 12.7. The van der Waals surface area contributed by atoms with Crippen LogP contribution in [0.2, 0.25) is 0 Å². The number of halogens is 5. The highest BCUT2D eigenvalue weighted by Gasteiger charge is 2.31. The summed E-state index contributed by atoms with van der Waals surface area (Å²) in [5, 5.41) is 0. The second-order valence-electron chi connectivity index (χ2n) is 4.42. The zero-order valence-corrected chi connectivity index (χ0v) is 14.3. The summed E-state index contributed by atoms with van der Waals surface area (Å²) in [6.45, 7) is 0. The number of Topliss-reactive ketones (excluding diaryl/α,β-unsaturated/α-hetero) is 1. The van der Waals surface area contributed by atoms with Gasteiger partial charge >= 0.3 is 6.18 Å². The molecule has 2 aromatic carbocycles. The van der Waals surface area contributed by atoms with E-state index in [-0.39, 0.29) is 17.8 Å². The Morgan fingerprint density at radius 3 is 2.29 bits per heavy atom. The van der Waals surface area contributed by atoms with E-state index in [1.807, 2.05) is 12.1 Å². The standard InChI is InChI=1S/C15H9BrF3IO/c16-13-6-3-10(15(17,18)19)8-12(13)14(21)7-9-1-4-11(20)5-2-9/h1-6,8H,7H2. The van der Waals surface area contributed by atoms with Gasteiger partial charge in [-0.25, -0.2) is 0 Å². The highest BCUT2D eigenvalue weighted by molar-refractivity contribution is 14.1. The first-order valence-electron chi connectivity index (χ1n) is 5.92. The van der Waals surface area contributed by atoms with Crippen LogP contribution in [0.15, 0.2) is 46.9 Å². The van der Waals surface area contributed by atoms with Gasteiger partial charge in [0.05, 0.1) is 5.56 Å². The number of alkyl halides is 3. The van der Waals surface area contributed by atoms with Crippen LogP contribution >= 0.6 is 38.5 Å². The average Bonchev–Trinajstić information content (AvgIpc) is 2.40. The van der Waals surface area contributed by atoms with Crippen molar-refractivity contribution >= 4 is 44.3 Å². The smallest absolute Gasteiger partial charge is 0.294 e. The molecule has 0 bridgehead atoms. The number of carbonyl (C=O) groups is 1. The molecule has 0 radical (unpaired) electrons. The normalized spacial score (nSPS) is 11.5. The molecule has 0 atom stereocenters. The Morgan fingerprint density at radius 2 is 1.71 bits per heavy atom. The molecule has 0 saturated carbocycles. The molecule has 0 aliphatic carbocycles. The van der Waals surface area contributed by atoms with E-state index in [1.165, 1.54) is 6.07 Å². The lowest BCUT2D eigenvalue weighted by molar-refractivity contribution is -0.137. The summed E-state index contributed by atoms with van der Waals surface area (Å²) in [6, 6.07) is 10.4. The number of rotatable bonds is 3. The molecule has 0 heterocycles. The van der Waals surface area contributed by atoms with Crippen molar-refractivity contribution in [2.24, 2.45) is 0 Å². The van der Waals surface area contributed by atoms with Crippen LogP contribution in [-0.4, -0.2) is 5.78 Å². The molecule has 0 aliphatic heterocycles. The van der Waals surface area contributed by atoms with Crippen molar-refractivity contribution in [3.8, 4) is 0 Å². The minimum absolute atomic E-state index is 0.0448. The fourth-order valence-electron chi connectivity index (χ4n) is 1.80. The van der Waals surface area contributed by atoms with Crippen LogP contribution in [0.4, 0.5) is 13.2 Å². The third-order valence-electron chi connectivity index (χ3n) is 2.87. The Labute approximate surface area is 141 Å². The minimum atomic E-state index is -4.46. The molecule has 2 aromatic rings. The van der Waals surface area contributed by atoms with Gasteiger partial charge in [0.15, 0.2) is 5.78 Å². The molecule has 21 heavy (non-hydrogen) atoms. The van der Waals surface area contributed by atoms with Crippen LogP contribution in [0.25, 0.3) is 0 Å². The summed E-state index contributed by atoms with van der Waals surface area (Å²) in [5.74, 6) is -0.353. The molecule has 0 unspecified atom stereocenters. The van der Waals surface area contributed by atoms with Crippen molar-refractivity contribution in [1.29, 1.82) is 0 Å². The van der Waals surface area contributed by atoms with Gasteiger partial charge in [0, 0.05) is 20.0 Å². The maximum atomic E-state index is 12.7. The zero-order valence-electron chi connectivity index (χ0n) is 10.5. The molecule has 0 aliphatic rings. The van der Waals surface area contributed by atoms with Gasteiger partial charge in [-0.2, -0.15) is 13.2 Å². The van der Waals surface area contributed by atoms with Gasteiger partial charge in [-0.15, -0.1) is 0 Å². The van der Waals surface area contributed by atoms with Gasteiger partial charge in [0.25, 0.3) is 0 Å². The summed E-state index contributed by atoms with van der Waals surface area (Å²) in [4.78, 5) is 12.2. The average molecular weight is 469 g/mol. The first-order valence-corrected chi connectivity index (χ1v) is 7.79. The second kappa shape index (κ2) is 6.48. The zero-order chi connectivity index (χ0) is 15.6. The van der Waals surface area contributed by atoms with Crippen molar-refractivity contribution < 1.29 is 18.0 Å². The maximum Gasteiger partial charge on any atom is 0.416 e. The van der Waals surface area contributed by atoms with E-state index in [1.54, 1.807) is 12.1 Å². The fraction of sp³-hybridized carbons (Fsp3) is 0.133. The summed E-state index contributed by atoms with van der Waals surface area (Å²) >= 11 is 5.28. The summed E-state index contributed by atoms with van der Waals surface area (Å²) in [6.07, 6.45) is -4.39. The Bertz CT molecular complexity index is 666. The molecule has 0 fully saturated rings. The first-order chi connectivity index (χ1) is 9.77. The lowest BCUT2D eigenvalue weighted by atomic mass is 10.0. The Balaban J connectivity index is 2.28. The van der Waals surface area contributed by atoms with E-state index in [4.69, 9.17) is 0 Å². The Morgan fingerprint density at radius 1 is 1.10 bits per heavy atom. The van der Waals surface area contributed by atoms with Crippen molar-refractivity contribution in [3.05, 3.63) is 67.2 Å². The van der Waals surface area contributed by atoms with E-state index < -0.39 is 11.7 Å². The van der Waals surface area contributed by atoms with Crippen molar-refractivity contribution in [2.75, 3.05) is 0 Å². The predicted molar refractivity (Wildman–Crippen MR) is 86.3 cm³/mol. The van der Waals surface area contributed by atoms with Crippen molar-refractivity contribution in [1.82, 2.24) is 0 Å². The number of benzene rings is 2. The third-order valence-corrected chi connectivity index (χ3v) is 4.28. The first kappa shape index (κ1) is 16.5. The van der Waals surface area contributed by atoms with E-state index in [0.29, 0.717) is 4.47 Å². The molecular formula is C15H9BrF3IO. The van der Waals surface area contributed by atoms with E-state index >= 15 is 0 Å². The second-order valence-corrected chi connectivity index (χ2v) is 6.52. The molecule has 0 saturated heterocycles. The highest BCUT2D eigenvalue weighted by Crippen LogP contribution is 2.32. The van der Waals surface area contributed by atoms with Gasteiger partial charge in [0.1, 0.15) is 0 Å². The molecule has 0 spiro atoms. The largest absolute Gasteiger partial charge is 0.416 e. The molecule has 1 nitrogen and oxygen atoms in total. The van der Waals surface area contributed by atoms with E-state index in [2.05, 4.69) is 38.5 Å². The number of hydrogen-bond donors (Lipinski definition) is 0. The van der Waals surface area contributed by atoms with Crippen LogP contribution in [0.1, 0.15) is 21.5 Å². The number of ketones is 1. The highest BCUT2D eigenvalue weighted by atomic mass is 127. The van der Waals surface area contributed by atoms with Crippen LogP contribution in [-0.2, 0) is 12.6 Å². The van der Waals surface area contributed by atoms with Crippen LogP contribution in [0.3, 0.4) is 0 Å². The van der Waals surface area contributed by atoms with Crippen LogP contribution in [0, 0.1) is 3.57 Å². The predicted octanol–water partition coefficient (Wildman–Crippen LogP) is 5.50. The molecule has 2 rings (SSSR count). The van der Waals surface area contributed by atoms with E-state index in [0.717, 1.165) is 21.3 Å². The summed E-state index contributed by atoms with van der Waals surface area (Å²) in [7, 11) is 0. The molecule has 0 amide bonds. The molecule has 0 aromatic heterocycles. The minimum Gasteiger partial charge on any atom is -0.294 e. The van der Waals surface area contributed by atoms with Crippen LogP contribution in [0.5, 0.6) is 0 Å². The lowest BCUT2D eigenvalue weighted by Gasteiger charge is -2.10. The topological polar surface area (TPSA) is 17.1 Å². The van der Waals surface area contributed by atoms with Crippen LogP contribution < -0.4 is 0 Å². The third kappa shape index (κ3) is 4.29.